The molecular formula is C12H16O3. The first-order valence-electron chi connectivity index (χ1n) is 4.81. The van der Waals surface area contributed by atoms with Crippen molar-refractivity contribution in [2.24, 2.45) is 0 Å². The molecule has 0 bridgehead atoms. The van der Waals surface area contributed by atoms with Crippen molar-refractivity contribution in [2.75, 3.05) is 0 Å². The Morgan fingerprint density at radius 1 is 1.20 bits per heavy atom. The van der Waals surface area contributed by atoms with Crippen LogP contribution in [0.5, 0.6) is 11.5 Å². The van der Waals surface area contributed by atoms with Gasteiger partial charge in [-0.25, -0.2) is 0 Å². The van der Waals surface area contributed by atoms with E-state index in [1.807, 2.05) is 20.8 Å². The molecule has 1 aromatic rings. The summed E-state index contributed by atoms with van der Waals surface area (Å²) in [5, 5.41) is 19.4. The summed E-state index contributed by atoms with van der Waals surface area (Å²) in [7, 11) is 0. The standard InChI is InChI=1S/C12H16O3/c1-7(13)9-5-8(14)6-10(11(9)15)12(2,3)4/h5-6,14-15H,1-4H3. The van der Waals surface area contributed by atoms with Gasteiger partial charge in [0.2, 0.25) is 0 Å². The molecule has 0 fully saturated rings. The Morgan fingerprint density at radius 3 is 2.13 bits per heavy atom. The highest BCUT2D eigenvalue weighted by atomic mass is 16.3. The van der Waals surface area contributed by atoms with Gasteiger partial charge in [-0.05, 0) is 24.5 Å². The average molecular weight is 208 g/mol. The van der Waals surface area contributed by atoms with E-state index in [1.54, 1.807) is 0 Å². The summed E-state index contributed by atoms with van der Waals surface area (Å²) in [5.74, 6) is -0.287. The number of hydrogen-bond donors (Lipinski definition) is 2. The second kappa shape index (κ2) is 3.57. The van der Waals surface area contributed by atoms with Gasteiger partial charge in [0, 0.05) is 5.56 Å². The average Bonchev–Trinajstić information content (AvgIpc) is 2.06. The Kier molecular flexibility index (Phi) is 2.75. The fraction of sp³-hybridized carbons (Fsp3) is 0.417. The lowest BCUT2D eigenvalue weighted by atomic mass is 9.84. The summed E-state index contributed by atoms with van der Waals surface area (Å²) in [6.45, 7) is 7.09. The lowest BCUT2D eigenvalue weighted by Gasteiger charge is -2.21. The molecular weight excluding hydrogens is 192 g/mol. The molecule has 1 aromatic carbocycles. The minimum Gasteiger partial charge on any atom is -0.508 e. The van der Waals surface area contributed by atoms with Gasteiger partial charge in [-0.3, -0.25) is 4.79 Å². The molecule has 15 heavy (non-hydrogen) atoms. The highest BCUT2D eigenvalue weighted by Crippen LogP contribution is 2.36. The molecule has 0 aliphatic rings. The number of benzene rings is 1. The van der Waals surface area contributed by atoms with Crippen molar-refractivity contribution < 1.29 is 15.0 Å². The van der Waals surface area contributed by atoms with Crippen LogP contribution in [-0.4, -0.2) is 16.0 Å². The third-order valence-corrected chi connectivity index (χ3v) is 2.28. The molecule has 3 nitrogen and oxygen atoms in total. The number of phenols is 2. The van der Waals surface area contributed by atoms with Gasteiger partial charge in [0.1, 0.15) is 11.5 Å². The number of phenolic OH excluding ortho intramolecular Hbond substituents is 2. The number of carbonyl (C=O) groups is 1. The van der Waals surface area contributed by atoms with Crippen molar-refractivity contribution in [2.45, 2.75) is 33.1 Å². The van der Waals surface area contributed by atoms with Gasteiger partial charge in [-0.2, -0.15) is 0 Å². The van der Waals surface area contributed by atoms with Crippen molar-refractivity contribution >= 4 is 5.78 Å². The Hall–Kier alpha value is -1.51. The van der Waals surface area contributed by atoms with Gasteiger partial charge in [0.25, 0.3) is 0 Å². The first-order chi connectivity index (χ1) is 6.73. The Labute approximate surface area is 89.4 Å². The highest BCUT2D eigenvalue weighted by Gasteiger charge is 2.22. The van der Waals surface area contributed by atoms with Gasteiger partial charge < -0.3 is 10.2 Å². The quantitative estimate of drug-likeness (QED) is 0.551. The maximum atomic E-state index is 11.2. The summed E-state index contributed by atoms with van der Waals surface area (Å²) in [5.41, 5.74) is 0.431. The van der Waals surface area contributed by atoms with Crippen LogP contribution in [0.1, 0.15) is 43.6 Å². The second-order valence-corrected chi connectivity index (χ2v) is 4.70. The Balaban J connectivity index is 3.49. The maximum absolute atomic E-state index is 11.2. The van der Waals surface area contributed by atoms with Crippen LogP contribution in [0.4, 0.5) is 0 Å². The van der Waals surface area contributed by atoms with Crippen LogP contribution in [0.15, 0.2) is 12.1 Å². The molecule has 0 atom stereocenters. The minimum absolute atomic E-state index is 0.00271. The van der Waals surface area contributed by atoms with Gasteiger partial charge in [0.05, 0.1) is 5.56 Å². The van der Waals surface area contributed by atoms with Crippen LogP contribution in [0, 0.1) is 0 Å². The molecule has 0 amide bonds. The van der Waals surface area contributed by atoms with Crippen molar-refractivity contribution in [1.82, 2.24) is 0 Å². The number of ketones is 1. The van der Waals surface area contributed by atoms with Crippen LogP contribution >= 0.6 is 0 Å². The topological polar surface area (TPSA) is 57.5 Å². The van der Waals surface area contributed by atoms with E-state index in [9.17, 15) is 15.0 Å². The third kappa shape index (κ3) is 2.29. The van der Waals surface area contributed by atoms with Crippen LogP contribution in [0.3, 0.4) is 0 Å². The van der Waals surface area contributed by atoms with E-state index in [1.165, 1.54) is 19.1 Å². The van der Waals surface area contributed by atoms with Crippen LogP contribution < -0.4 is 0 Å². The predicted octanol–water partition coefficient (Wildman–Crippen LogP) is 2.60. The summed E-state index contributed by atoms with van der Waals surface area (Å²) in [6.07, 6.45) is 0. The first kappa shape index (κ1) is 11.6. The number of carbonyl (C=O) groups excluding carboxylic acids is 1. The van der Waals surface area contributed by atoms with Gasteiger partial charge in [0.15, 0.2) is 5.78 Å². The molecule has 0 aliphatic heterocycles. The largest absolute Gasteiger partial charge is 0.508 e. The fourth-order valence-electron chi connectivity index (χ4n) is 1.46. The van der Waals surface area contributed by atoms with E-state index < -0.39 is 0 Å². The van der Waals surface area contributed by atoms with Crippen LogP contribution in [0.25, 0.3) is 0 Å². The zero-order valence-corrected chi connectivity index (χ0v) is 9.46. The van der Waals surface area contributed by atoms with Crippen molar-refractivity contribution in [1.29, 1.82) is 0 Å². The molecule has 0 saturated heterocycles. The van der Waals surface area contributed by atoms with Gasteiger partial charge in [-0.1, -0.05) is 20.8 Å². The normalized spacial score (nSPS) is 11.5. The van der Waals surface area contributed by atoms with E-state index in [0.717, 1.165) is 0 Å². The third-order valence-electron chi connectivity index (χ3n) is 2.28. The number of aromatic hydroxyl groups is 2. The van der Waals surface area contributed by atoms with Crippen molar-refractivity contribution in [3.05, 3.63) is 23.3 Å². The van der Waals surface area contributed by atoms with Crippen molar-refractivity contribution in [3.63, 3.8) is 0 Å². The zero-order valence-electron chi connectivity index (χ0n) is 9.46. The SMILES string of the molecule is CC(=O)c1cc(O)cc(C(C)(C)C)c1O. The molecule has 0 aliphatic carbocycles. The van der Waals surface area contributed by atoms with E-state index in [0.29, 0.717) is 5.56 Å². The molecule has 0 aromatic heterocycles. The van der Waals surface area contributed by atoms with E-state index in [-0.39, 0.29) is 28.3 Å². The number of rotatable bonds is 1. The Morgan fingerprint density at radius 2 is 1.73 bits per heavy atom. The van der Waals surface area contributed by atoms with E-state index in [2.05, 4.69) is 0 Å². The summed E-state index contributed by atoms with van der Waals surface area (Å²) in [6, 6.07) is 2.77. The summed E-state index contributed by atoms with van der Waals surface area (Å²) >= 11 is 0. The van der Waals surface area contributed by atoms with Gasteiger partial charge >= 0.3 is 0 Å². The molecule has 3 heteroatoms. The molecule has 2 N–H and O–H groups in total. The summed E-state index contributed by atoms with van der Waals surface area (Å²) < 4.78 is 0. The van der Waals surface area contributed by atoms with E-state index in [4.69, 9.17) is 0 Å². The molecule has 0 spiro atoms. The molecule has 0 radical (unpaired) electrons. The molecule has 0 heterocycles. The Bertz CT molecular complexity index is 400. The maximum Gasteiger partial charge on any atom is 0.163 e. The summed E-state index contributed by atoms with van der Waals surface area (Å²) in [4.78, 5) is 11.2. The zero-order chi connectivity index (χ0) is 11.8. The first-order valence-corrected chi connectivity index (χ1v) is 4.81. The molecule has 1 rings (SSSR count). The molecule has 82 valence electrons. The highest BCUT2D eigenvalue weighted by molar-refractivity contribution is 5.97. The van der Waals surface area contributed by atoms with Crippen LogP contribution in [0.2, 0.25) is 0 Å². The van der Waals surface area contributed by atoms with E-state index >= 15 is 0 Å². The van der Waals surface area contributed by atoms with Crippen molar-refractivity contribution in [3.8, 4) is 11.5 Å². The minimum atomic E-state index is -0.312. The smallest absolute Gasteiger partial charge is 0.163 e. The second-order valence-electron chi connectivity index (χ2n) is 4.70. The predicted molar refractivity (Wildman–Crippen MR) is 58.5 cm³/mol. The number of hydrogen-bond acceptors (Lipinski definition) is 3. The fourth-order valence-corrected chi connectivity index (χ4v) is 1.46. The number of Topliss-reactive ketones (excluding diaryl/α,β-unsaturated/α-hetero) is 1. The van der Waals surface area contributed by atoms with Gasteiger partial charge in [-0.15, -0.1) is 0 Å². The lowest BCUT2D eigenvalue weighted by molar-refractivity contribution is 0.101. The molecule has 0 unspecified atom stereocenters. The molecule has 0 saturated carbocycles. The van der Waals surface area contributed by atoms with Crippen LogP contribution in [-0.2, 0) is 5.41 Å². The lowest BCUT2D eigenvalue weighted by Crippen LogP contribution is -2.12. The monoisotopic (exact) mass is 208 g/mol.